The monoisotopic (exact) mass is 264 g/mol. The van der Waals surface area contributed by atoms with Gasteiger partial charge in [0.15, 0.2) is 0 Å². The lowest BCUT2D eigenvalue weighted by molar-refractivity contribution is -0.142. The molecule has 0 radical (unpaired) electrons. The number of hydrogen-bond donors (Lipinski definition) is 2. The Morgan fingerprint density at radius 3 is 2.41 bits per heavy atom. The Morgan fingerprint density at radius 2 is 2.00 bits per heavy atom. The molecule has 1 saturated heterocycles. The van der Waals surface area contributed by atoms with Gasteiger partial charge in [0.05, 0.1) is 6.26 Å². The average molecular weight is 264 g/mol. The zero-order valence-electron chi connectivity index (χ0n) is 10.4. The molecule has 0 saturated carbocycles. The van der Waals surface area contributed by atoms with Crippen LogP contribution in [0.15, 0.2) is 0 Å². The molecule has 0 aliphatic carbocycles. The van der Waals surface area contributed by atoms with Gasteiger partial charge >= 0.3 is 5.97 Å². The molecule has 0 bridgehead atoms. The predicted molar refractivity (Wildman–Crippen MR) is 64.2 cm³/mol. The molecule has 1 aliphatic rings. The van der Waals surface area contributed by atoms with E-state index in [4.69, 9.17) is 0 Å². The molecule has 7 heteroatoms. The minimum Gasteiger partial charge on any atom is -0.480 e. The molecule has 0 aromatic carbocycles. The SMILES string of the molecule is CNC1CCC(C)CN(S(C)(=O)=O)C1C(=O)O. The van der Waals surface area contributed by atoms with E-state index >= 15 is 0 Å². The molecular weight excluding hydrogens is 244 g/mol. The zero-order valence-corrected chi connectivity index (χ0v) is 11.2. The fraction of sp³-hybridized carbons (Fsp3) is 0.900. The molecule has 0 spiro atoms. The van der Waals surface area contributed by atoms with Gasteiger partial charge in [0, 0.05) is 12.6 Å². The van der Waals surface area contributed by atoms with Crippen LogP contribution in [0, 0.1) is 5.92 Å². The van der Waals surface area contributed by atoms with Crippen LogP contribution in [0.1, 0.15) is 19.8 Å². The van der Waals surface area contributed by atoms with Crippen molar-refractivity contribution < 1.29 is 18.3 Å². The van der Waals surface area contributed by atoms with Gasteiger partial charge in [-0.25, -0.2) is 8.42 Å². The Bertz CT molecular complexity index is 382. The third-order valence-electron chi connectivity index (χ3n) is 3.20. The third-order valence-corrected chi connectivity index (χ3v) is 4.43. The van der Waals surface area contributed by atoms with Gasteiger partial charge in [-0.05, 0) is 25.8 Å². The first kappa shape index (κ1) is 14.4. The summed E-state index contributed by atoms with van der Waals surface area (Å²) >= 11 is 0. The topological polar surface area (TPSA) is 86.7 Å². The van der Waals surface area contributed by atoms with Crippen LogP contribution in [0.4, 0.5) is 0 Å². The summed E-state index contributed by atoms with van der Waals surface area (Å²) in [6.45, 7) is 2.21. The van der Waals surface area contributed by atoms with E-state index in [1.54, 1.807) is 7.05 Å². The molecule has 0 amide bonds. The fourth-order valence-electron chi connectivity index (χ4n) is 2.27. The summed E-state index contributed by atoms with van der Waals surface area (Å²) in [4.78, 5) is 11.3. The quantitative estimate of drug-likeness (QED) is 0.732. The number of carbonyl (C=O) groups is 1. The highest BCUT2D eigenvalue weighted by Gasteiger charge is 2.40. The molecule has 1 heterocycles. The molecule has 0 aromatic heterocycles. The minimum atomic E-state index is -3.51. The van der Waals surface area contributed by atoms with Crippen molar-refractivity contribution in [1.82, 2.24) is 9.62 Å². The van der Waals surface area contributed by atoms with Gasteiger partial charge in [0.1, 0.15) is 6.04 Å². The van der Waals surface area contributed by atoms with E-state index in [0.717, 1.165) is 17.0 Å². The van der Waals surface area contributed by atoms with E-state index in [0.29, 0.717) is 6.42 Å². The standard InChI is InChI=1S/C10H20N2O4S/c1-7-4-5-8(11-2)9(10(13)14)12(6-7)17(3,15)16/h7-9,11H,4-6H2,1-3H3,(H,13,14). The second-order valence-corrected chi connectivity index (χ2v) is 6.63. The summed E-state index contributed by atoms with van der Waals surface area (Å²) in [5, 5.41) is 12.1. The zero-order chi connectivity index (χ0) is 13.2. The van der Waals surface area contributed by atoms with Crippen LogP contribution in [0.5, 0.6) is 0 Å². The van der Waals surface area contributed by atoms with Crippen molar-refractivity contribution in [1.29, 1.82) is 0 Å². The Labute approximate surface area is 102 Å². The lowest BCUT2D eigenvalue weighted by Crippen LogP contribution is -2.54. The van der Waals surface area contributed by atoms with Crippen LogP contribution >= 0.6 is 0 Å². The maximum atomic E-state index is 11.7. The summed E-state index contributed by atoms with van der Waals surface area (Å²) < 4.78 is 24.5. The second-order valence-electron chi connectivity index (χ2n) is 4.69. The highest BCUT2D eigenvalue weighted by molar-refractivity contribution is 7.88. The van der Waals surface area contributed by atoms with Gasteiger partial charge in [-0.1, -0.05) is 6.92 Å². The number of nitrogens with one attached hydrogen (secondary N) is 1. The number of aliphatic carboxylic acids is 1. The Balaban J connectivity index is 3.13. The van der Waals surface area contributed by atoms with Gasteiger partial charge in [-0.2, -0.15) is 4.31 Å². The molecule has 1 fully saturated rings. The minimum absolute atomic E-state index is 0.171. The molecule has 1 aliphatic heterocycles. The van der Waals surface area contributed by atoms with Crippen molar-refractivity contribution in [2.45, 2.75) is 31.8 Å². The highest BCUT2D eigenvalue weighted by Crippen LogP contribution is 2.23. The summed E-state index contributed by atoms with van der Waals surface area (Å²) in [6.07, 6.45) is 2.55. The Kier molecular flexibility index (Phi) is 4.51. The largest absolute Gasteiger partial charge is 0.480 e. The number of carboxylic acids is 1. The van der Waals surface area contributed by atoms with E-state index in [2.05, 4.69) is 5.32 Å². The number of carboxylic acid groups (broad SMARTS) is 1. The van der Waals surface area contributed by atoms with Crippen molar-refractivity contribution in [2.75, 3.05) is 19.8 Å². The molecule has 6 nitrogen and oxygen atoms in total. The summed E-state index contributed by atoms with van der Waals surface area (Å²) in [7, 11) is -1.84. The van der Waals surface area contributed by atoms with Crippen LogP contribution in [0.3, 0.4) is 0 Å². The Morgan fingerprint density at radius 1 is 1.41 bits per heavy atom. The van der Waals surface area contributed by atoms with Crippen molar-refractivity contribution in [2.24, 2.45) is 5.92 Å². The van der Waals surface area contributed by atoms with E-state index < -0.39 is 22.0 Å². The molecular formula is C10H20N2O4S. The predicted octanol–water partition coefficient (Wildman–Crippen LogP) is -0.281. The number of likely N-dealkylation sites (N-methyl/N-ethyl adjacent to an activating group) is 1. The molecule has 3 atom stereocenters. The first-order chi connectivity index (χ1) is 7.77. The third kappa shape index (κ3) is 3.40. The molecule has 3 unspecified atom stereocenters. The number of nitrogens with zero attached hydrogens (tertiary/aromatic N) is 1. The van der Waals surface area contributed by atoms with E-state index in [-0.39, 0.29) is 18.5 Å². The Hall–Kier alpha value is -0.660. The lowest BCUT2D eigenvalue weighted by atomic mass is 10.0. The van der Waals surface area contributed by atoms with Gasteiger partial charge in [-0.3, -0.25) is 4.79 Å². The number of hydrogen-bond acceptors (Lipinski definition) is 4. The first-order valence-corrected chi connectivity index (χ1v) is 7.49. The van der Waals surface area contributed by atoms with Crippen LogP contribution in [0.25, 0.3) is 0 Å². The van der Waals surface area contributed by atoms with Gasteiger partial charge < -0.3 is 10.4 Å². The maximum absolute atomic E-state index is 11.7. The molecule has 100 valence electrons. The van der Waals surface area contributed by atoms with Crippen LogP contribution in [-0.4, -0.2) is 55.7 Å². The van der Waals surface area contributed by atoms with E-state index in [1.165, 1.54) is 0 Å². The molecule has 2 N–H and O–H groups in total. The summed E-state index contributed by atoms with van der Waals surface area (Å²) in [6, 6.07) is -1.35. The van der Waals surface area contributed by atoms with Crippen molar-refractivity contribution >= 4 is 16.0 Å². The lowest BCUT2D eigenvalue weighted by Gasteiger charge is -2.30. The normalized spacial score (nSPS) is 32.1. The van der Waals surface area contributed by atoms with Crippen molar-refractivity contribution in [3.8, 4) is 0 Å². The first-order valence-electron chi connectivity index (χ1n) is 5.64. The average Bonchev–Trinajstić information content (AvgIpc) is 2.36. The second kappa shape index (κ2) is 5.32. The smallest absolute Gasteiger partial charge is 0.323 e. The van der Waals surface area contributed by atoms with Crippen LogP contribution < -0.4 is 5.32 Å². The van der Waals surface area contributed by atoms with Gasteiger partial charge in [0.25, 0.3) is 0 Å². The maximum Gasteiger partial charge on any atom is 0.323 e. The van der Waals surface area contributed by atoms with E-state index in [9.17, 15) is 18.3 Å². The number of sulfonamides is 1. The highest BCUT2D eigenvalue weighted by atomic mass is 32.2. The van der Waals surface area contributed by atoms with Crippen molar-refractivity contribution in [3.63, 3.8) is 0 Å². The summed E-state index contributed by atoms with van der Waals surface area (Å²) in [5.74, 6) is -0.922. The summed E-state index contributed by atoms with van der Waals surface area (Å²) in [5.41, 5.74) is 0. The molecule has 0 aromatic rings. The van der Waals surface area contributed by atoms with Gasteiger partial charge in [-0.15, -0.1) is 0 Å². The van der Waals surface area contributed by atoms with E-state index in [1.807, 2.05) is 6.92 Å². The van der Waals surface area contributed by atoms with Crippen LogP contribution in [-0.2, 0) is 14.8 Å². The number of rotatable bonds is 3. The fourth-order valence-corrected chi connectivity index (χ4v) is 3.45. The molecule has 1 rings (SSSR count). The van der Waals surface area contributed by atoms with Crippen LogP contribution in [0.2, 0.25) is 0 Å². The van der Waals surface area contributed by atoms with Gasteiger partial charge in [0.2, 0.25) is 10.0 Å². The van der Waals surface area contributed by atoms with Crippen molar-refractivity contribution in [3.05, 3.63) is 0 Å². The molecule has 17 heavy (non-hydrogen) atoms.